The molecule has 0 fully saturated rings. The van der Waals surface area contributed by atoms with Crippen molar-refractivity contribution < 1.29 is 19.4 Å². The Morgan fingerprint density at radius 1 is 1.19 bits per heavy atom. The number of aliphatic hydroxyl groups is 2. The molecule has 0 bridgehead atoms. The van der Waals surface area contributed by atoms with E-state index in [1.54, 1.807) is 30.3 Å². The summed E-state index contributed by atoms with van der Waals surface area (Å²) in [6.07, 6.45) is -0.949. The lowest BCUT2D eigenvalue weighted by molar-refractivity contribution is 0.103. The largest absolute Gasteiger partial charge is 0.394 e. The zero-order valence-corrected chi connectivity index (χ0v) is 11.3. The molecule has 21 heavy (non-hydrogen) atoms. The number of benzene rings is 2. The molecule has 0 aliphatic carbocycles. The van der Waals surface area contributed by atoms with Gasteiger partial charge in [0.2, 0.25) is 0 Å². The molecule has 0 aliphatic rings. The van der Waals surface area contributed by atoms with E-state index in [0.29, 0.717) is 11.3 Å². The highest BCUT2D eigenvalue weighted by Crippen LogP contribution is 2.21. The summed E-state index contributed by atoms with van der Waals surface area (Å²) in [6, 6.07) is 12.4. The number of carbonyl (C=O) groups is 1. The first-order valence-corrected chi connectivity index (χ1v) is 6.54. The van der Waals surface area contributed by atoms with Crippen LogP contribution in [-0.4, -0.2) is 35.3 Å². The second-order valence-corrected chi connectivity index (χ2v) is 4.60. The van der Waals surface area contributed by atoms with Crippen molar-refractivity contribution in [3.63, 3.8) is 0 Å². The molecule has 0 heterocycles. The van der Waals surface area contributed by atoms with Crippen LogP contribution >= 0.6 is 0 Å². The van der Waals surface area contributed by atoms with Crippen LogP contribution in [0.15, 0.2) is 48.5 Å². The Hall–Kier alpha value is -2.24. The van der Waals surface area contributed by atoms with Crippen molar-refractivity contribution in [3.8, 4) is 0 Å². The van der Waals surface area contributed by atoms with Crippen LogP contribution in [0.2, 0.25) is 0 Å². The fraction of sp³-hybridized carbons (Fsp3) is 0.188. The van der Waals surface area contributed by atoms with Gasteiger partial charge >= 0.3 is 0 Å². The van der Waals surface area contributed by atoms with Crippen LogP contribution in [-0.2, 0) is 0 Å². The quantitative estimate of drug-likeness (QED) is 0.710. The average molecular weight is 289 g/mol. The van der Waals surface area contributed by atoms with Crippen molar-refractivity contribution in [1.29, 1.82) is 0 Å². The van der Waals surface area contributed by atoms with Gasteiger partial charge in [0.25, 0.3) is 0 Å². The van der Waals surface area contributed by atoms with Gasteiger partial charge in [-0.05, 0) is 18.2 Å². The van der Waals surface area contributed by atoms with E-state index >= 15 is 0 Å². The molecule has 1 atom stereocenters. The maximum Gasteiger partial charge on any atom is 0.195 e. The van der Waals surface area contributed by atoms with Crippen molar-refractivity contribution in [3.05, 3.63) is 65.5 Å². The average Bonchev–Trinajstić information content (AvgIpc) is 2.53. The van der Waals surface area contributed by atoms with Crippen molar-refractivity contribution in [1.82, 2.24) is 0 Å². The van der Waals surface area contributed by atoms with Crippen molar-refractivity contribution in [2.75, 3.05) is 18.5 Å². The lowest BCUT2D eigenvalue weighted by Crippen LogP contribution is -2.23. The van der Waals surface area contributed by atoms with Gasteiger partial charge in [0.1, 0.15) is 5.82 Å². The molecule has 0 aliphatic heterocycles. The van der Waals surface area contributed by atoms with E-state index in [1.165, 1.54) is 12.1 Å². The molecule has 0 spiro atoms. The minimum absolute atomic E-state index is 0.0667. The molecule has 3 N–H and O–H groups in total. The predicted octanol–water partition coefficient (Wildman–Crippen LogP) is 1.82. The Balaban J connectivity index is 2.29. The van der Waals surface area contributed by atoms with Crippen LogP contribution in [0.25, 0.3) is 0 Å². The number of nitrogens with one attached hydrogen (secondary N) is 1. The Morgan fingerprint density at radius 2 is 1.90 bits per heavy atom. The molecule has 2 aromatic carbocycles. The van der Waals surface area contributed by atoms with Crippen LogP contribution < -0.4 is 5.32 Å². The second kappa shape index (κ2) is 6.97. The third kappa shape index (κ3) is 3.87. The highest BCUT2D eigenvalue weighted by Gasteiger charge is 2.15. The van der Waals surface area contributed by atoms with Crippen LogP contribution in [0.3, 0.4) is 0 Å². The molecule has 110 valence electrons. The lowest BCUT2D eigenvalue weighted by atomic mass is 10.0. The molecule has 2 rings (SSSR count). The molecule has 5 heteroatoms. The number of ketones is 1. The Labute approximate surface area is 121 Å². The third-order valence-corrected chi connectivity index (χ3v) is 3.00. The fourth-order valence-corrected chi connectivity index (χ4v) is 1.90. The van der Waals surface area contributed by atoms with Gasteiger partial charge in [-0.15, -0.1) is 0 Å². The number of aliphatic hydroxyl groups excluding tert-OH is 2. The molecule has 0 aromatic heterocycles. The van der Waals surface area contributed by atoms with Gasteiger partial charge in [0.05, 0.1) is 12.7 Å². The predicted molar refractivity (Wildman–Crippen MR) is 77.9 cm³/mol. The van der Waals surface area contributed by atoms with E-state index < -0.39 is 18.5 Å². The molecular formula is C16H16FNO3. The topological polar surface area (TPSA) is 69.6 Å². The number of carbonyl (C=O) groups excluding carboxylic acids is 1. The summed E-state index contributed by atoms with van der Waals surface area (Å²) in [5.41, 5.74) is 1.05. The van der Waals surface area contributed by atoms with Gasteiger partial charge < -0.3 is 15.5 Å². The summed E-state index contributed by atoms with van der Waals surface area (Å²) < 4.78 is 13.4. The van der Waals surface area contributed by atoms with Gasteiger partial charge in [-0.2, -0.15) is 0 Å². The van der Waals surface area contributed by atoms with Crippen molar-refractivity contribution in [2.24, 2.45) is 0 Å². The highest BCUT2D eigenvalue weighted by molar-refractivity contribution is 6.12. The standard InChI is InChI=1S/C16H16FNO3/c17-12-6-7-15(18-9-13(20)10-19)14(8-12)16(21)11-4-2-1-3-5-11/h1-8,13,18-20H,9-10H2. The maximum absolute atomic E-state index is 13.4. The Bertz CT molecular complexity index is 616. The van der Waals surface area contributed by atoms with E-state index in [0.717, 1.165) is 6.07 Å². The van der Waals surface area contributed by atoms with Crippen molar-refractivity contribution in [2.45, 2.75) is 6.10 Å². The van der Waals surface area contributed by atoms with E-state index in [-0.39, 0.29) is 17.9 Å². The van der Waals surface area contributed by atoms with Gasteiger partial charge in [-0.25, -0.2) is 4.39 Å². The van der Waals surface area contributed by atoms with E-state index in [2.05, 4.69) is 5.32 Å². The van der Waals surface area contributed by atoms with Crippen LogP contribution in [0.1, 0.15) is 15.9 Å². The van der Waals surface area contributed by atoms with Gasteiger partial charge in [-0.3, -0.25) is 4.79 Å². The molecule has 1 unspecified atom stereocenters. The number of halogens is 1. The molecule has 2 aromatic rings. The Kier molecular flexibility index (Phi) is 5.03. The molecular weight excluding hydrogens is 273 g/mol. The summed E-state index contributed by atoms with van der Waals surface area (Å²) in [7, 11) is 0. The first-order chi connectivity index (χ1) is 10.1. The second-order valence-electron chi connectivity index (χ2n) is 4.60. The first-order valence-electron chi connectivity index (χ1n) is 6.54. The highest BCUT2D eigenvalue weighted by atomic mass is 19.1. The summed E-state index contributed by atoms with van der Waals surface area (Å²) in [6.45, 7) is -0.326. The van der Waals surface area contributed by atoms with Crippen molar-refractivity contribution >= 4 is 11.5 Å². The summed E-state index contributed by atoms with van der Waals surface area (Å²) in [5, 5.41) is 21.0. The van der Waals surface area contributed by atoms with Crippen LogP contribution in [0.4, 0.5) is 10.1 Å². The number of hydrogen-bond acceptors (Lipinski definition) is 4. The summed E-state index contributed by atoms with van der Waals surface area (Å²) >= 11 is 0. The normalized spacial score (nSPS) is 12.0. The minimum atomic E-state index is -0.949. The van der Waals surface area contributed by atoms with Crippen LogP contribution in [0.5, 0.6) is 0 Å². The van der Waals surface area contributed by atoms with Crippen LogP contribution in [0, 0.1) is 5.82 Å². The fourth-order valence-electron chi connectivity index (χ4n) is 1.90. The zero-order chi connectivity index (χ0) is 15.2. The first kappa shape index (κ1) is 15.2. The monoisotopic (exact) mass is 289 g/mol. The molecule has 0 saturated heterocycles. The van der Waals surface area contributed by atoms with E-state index in [4.69, 9.17) is 5.11 Å². The summed E-state index contributed by atoms with van der Waals surface area (Å²) in [5.74, 6) is -0.821. The van der Waals surface area contributed by atoms with E-state index in [9.17, 15) is 14.3 Å². The molecule has 4 nitrogen and oxygen atoms in total. The maximum atomic E-state index is 13.4. The van der Waals surface area contributed by atoms with Gasteiger partial charge in [-0.1, -0.05) is 30.3 Å². The minimum Gasteiger partial charge on any atom is -0.394 e. The summed E-state index contributed by atoms with van der Waals surface area (Å²) in [4.78, 5) is 12.4. The van der Waals surface area contributed by atoms with Gasteiger partial charge in [0, 0.05) is 23.4 Å². The molecule has 0 saturated carbocycles. The molecule has 0 amide bonds. The van der Waals surface area contributed by atoms with Gasteiger partial charge in [0.15, 0.2) is 5.78 Å². The lowest BCUT2D eigenvalue weighted by Gasteiger charge is -2.14. The molecule has 0 radical (unpaired) electrons. The third-order valence-electron chi connectivity index (χ3n) is 3.00. The van der Waals surface area contributed by atoms with E-state index in [1.807, 2.05) is 0 Å². The number of hydrogen-bond donors (Lipinski definition) is 3. The zero-order valence-electron chi connectivity index (χ0n) is 11.3. The smallest absolute Gasteiger partial charge is 0.195 e. The SMILES string of the molecule is O=C(c1ccccc1)c1cc(F)ccc1NCC(O)CO. The Morgan fingerprint density at radius 3 is 2.57 bits per heavy atom. The number of rotatable bonds is 6. The number of anilines is 1.